The van der Waals surface area contributed by atoms with Gasteiger partial charge in [0.05, 0.1) is 13.2 Å². The molecule has 0 saturated heterocycles. The van der Waals surface area contributed by atoms with Crippen LogP contribution in [0.1, 0.15) is 17.0 Å². The summed E-state index contributed by atoms with van der Waals surface area (Å²) in [5.74, 6) is 0.918. The molecule has 0 atom stereocenters. The minimum atomic E-state index is 0.652. The normalized spacial score (nSPS) is 11.1. The summed E-state index contributed by atoms with van der Waals surface area (Å²) in [6.45, 7) is 2.14. The smallest absolute Gasteiger partial charge is 0.160 e. The van der Waals surface area contributed by atoms with Gasteiger partial charge < -0.3 is 10.1 Å². The van der Waals surface area contributed by atoms with Gasteiger partial charge in [0.25, 0.3) is 0 Å². The minimum absolute atomic E-state index is 0.652. The Morgan fingerprint density at radius 3 is 2.62 bits per heavy atom. The zero-order valence-electron chi connectivity index (χ0n) is 12.0. The number of rotatable bonds is 6. The molecule has 0 unspecified atom stereocenters. The van der Waals surface area contributed by atoms with E-state index in [4.69, 9.17) is 4.74 Å². The highest BCUT2D eigenvalue weighted by molar-refractivity contribution is 5.36. The second-order valence-corrected chi connectivity index (χ2v) is 4.90. The fourth-order valence-corrected chi connectivity index (χ4v) is 2.25. The first-order chi connectivity index (χ1) is 10.4. The summed E-state index contributed by atoms with van der Waals surface area (Å²) < 4.78 is 7.10. The summed E-state index contributed by atoms with van der Waals surface area (Å²) in [6.07, 6.45) is 1.98. The van der Waals surface area contributed by atoms with Crippen molar-refractivity contribution in [2.45, 2.75) is 19.7 Å². The fourth-order valence-electron chi connectivity index (χ4n) is 2.25. The Labute approximate surface area is 123 Å². The molecule has 5 heteroatoms. The second-order valence-electron chi connectivity index (χ2n) is 4.90. The van der Waals surface area contributed by atoms with Crippen LogP contribution >= 0.6 is 0 Å². The van der Waals surface area contributed by atoms with Crippen molar-refractivity contribution in [3.63, 3.8) is 0 Å². The highest BCUT2D eigenvalue weighted by Gasteiger charge is 2.03. The number of methoxy groups -OCH3 is 1. The maximum atomic E-state index is 5.11. The molecule has 5 nitrogen and oxygen atoms in total. The van der Waals surface area contributed by atoms with Crippen LogP contribution in [-0.2, 0) is 24.4 Å². The number of fused-ring (bicyclic) bond motifs is 1. The second kappa shape index (κ2) is 6.47. The zero-order chi connectivity index (χ0) is 14.5. The summed E-state index contributed by atoms with van der Waals surface area (Å²) in [5, 5.41) is 11.7. The van der Waals surface area contributed by atoms with E-state index in [9.17, 15) is 0 Å². The third kappa shape index (κ3) is 3.26. The van der Waals surface area contributed by atoms with Gasteiger partial charge in [0.1, 0.15) is 0 Å². The van der Waals surface area contributed by atoms with E-state index in [1.54, 1.807) is 7.11 Å². The molecule has 0 aliphatic rings. The number of benzene rings is 1. The van der Waals surface area contributed by atoms with Gasteiger partial charge in [-0.1, -0.05) is 30.3 Å². The molecule has 21 heavy (non-hydrogen) atoms. The van der Waals surface area contributed by atoms with Crippen molar-refractivity contribution in [3.8, 4) is 0 Å². The molecular weight excluding hydrogens is 264 g/mol. The van der Waals surface area contributed by atoms with Gasteiger partial charge in [-0.3, -0.25) is 4.40 Å². The van der Waals surface area contributed by atoms with E-state index in [-0.39, 0.29) is 0 Å². The number of pyridine rings is 1. The zero-order valence-corrected chi connectivity index (χ0v) is 12.0. The Bertz CT molecular complexity index is 706. The molecule has 0 spiro atoms. The van der Waals surface area contributed by atoms with Crippen molar-refractivity contribution in [1.29, 1.82) is 0 Å². The van der Waals surface area contributed by atoms with E-state index in [1.807, 2.05) is 28.8 Å². The van der Waals surface area contributed by atoms with E-state index in [2.05, 4.69) is 39.8 Å². The number of aromatic nitrogens is 3. The SMILES string of the molecule is COCc1ccc(CNCc2nnc3ccccn23)cc1. The number of ether oxygens (including phenoxy) is 1. The fraction of sp³-hybridized carbons (Fsp3) is 0.250. The quantitative estimate of drug-likeness (QED) is 0.753. The van der Waals surface area contributed by atoms with Gasteiger partial charge in [0.15, 0.2) is 11.5 Å². The lowest BCUT2D eigenvalue weighted by Crippen LogP contribution is -2.14. The molecule has 0 fully saturated rings. The first-order valence-electron chi connectivity index (χ1n) is 6.93. The molecule has 1 N–H and O–H groups in total. The molecule has 0 aliphatic heterocycles. The molecule has 1 aromatic carbocycles. The van der Waals surface area contributed by atoms with E-state index >= 15 is 0 Å². The average molecular weight is 282 g/mol. The van der Waals surface area contributed by atoms with Crippen LogP contribution in [0, 0.1) is 0 Å². The summed E-state index contributed by atoms with van der Waals surface area (Å²) in [5.41, 5.74) is 3.30. The van der Waals surface area contributed by atoms with E-state index in [0.717, 1.165) is 18.0 Å². The third-order valence-electron chi connectivity index (χ3n) is 3.33. The van der Waals surface area contributed by atoms with E-state index in [0.29, 0.717) is 13.2 Å². The lowest BCUT2D eigenvalue weighted by Gasteiger charge is -2.05. The predicted octanol–water partition coefficient (Wildman–Crippen LogP) is 2.17. The van der Waals surface area contributed by atoms with Crippen LogP contribution in [0.2, 0.25) is 0 Å². The minimum Gasteiger partial charge on any atom is -0.380 e. The Kier molecular flexibility index (Phi) is 4.23. The maximum Gasteiger partial charge on any atom is 0.160 e. The molecular formula is C16H18N4O. The molecule has 0 radical (unpaired) electrons. The van der Waals surface area contributed by atoms with Crippen molar-refractivity contribution >= 4 is 5.65 Å². The van der Waals surface area contributed by atoms with Gasteiger partial charge in [-0.2, -0.15) is 0 Å². The number of hydrogen-bond acceptors (Lipinski definition) is 4. The molecule has 108 valence electrons. The van der Waals surface area contributed by atoms with Crippen molar-refractivity contribution in [2.24, 2.45) is 0 Å². The van der Waals surface area contributed by atoms with E-state index in [1.165, 1.54) is 11.1 Å². The Morgan fingerprint density at radius 2 is 1.81 bits per heavy atom. The molecule has 2 heterocycles. The predicted molar refractivity (Wildman–Crippen MR) is 80.7 cm³/mol. The highest BCUT2D eigenvalue weighted by atomic mass is 16.5. The van der Waals surface area contributed by atoms with Gasteiger partial charge in [-0.25, -0.2) is 0 Å². The van der Waals surface area contributed by atoms with Crippen LogP contribution in [0.4, 0.5) is 0 Å². The Morgan fingerprint density at radius 1 is 1.00 bits per heavy atom. The van der Waals surface area contributed by atoms with Crippen molar-refractivity contribution in [3.05, 3.63) is 65.6 Å². The Hall–Kier alpha value is -2.24. The summed E-state index contributed by atoms with van der Waals surface area (Å²) >= 11 is 0. The van der Waals surface area contributed by atoms with Crippen molar-refractivity contribution in [1.82, 2.24) is 19.9 Å². The van der Waals surface area contributed by atoms with Gasteiger partial charge in [0.2, 0.25) is 0 Å². The molecule has 3 aromatic rings. The summed E-state index contributed by atoms with van der Waals surface area (Å²) in [6, 6.07) is 14.3. The number of hydrogen-bond donors (Lipinski definition) is 1. The van der Waals surface area contributed by atoms with E-state index < -0.39 is 0 Å². The Balaban J connectivity index is 1.58. The highest BCUT2D eigenvalue weighted by Crippen LogP contribution is 2.06. The molecule has 0 amide bonds. The first kappa shape index (κ1) is 13.7. The standard InChI is InChI=1S/C16H18N4O/c1-21-12-14-7-5-13(6-8-14)10-17-11-16-19-18-15-4-2-3-9-20(15)16/h2-9,17H,10-12H2,1H3. The molecule has 0 bridgehead atoms. The third-order valence-corrected chi connectivity index (χ3v) is 3.33. The average Bonchev–Trinajstić information content (AvgIpc) is 2.93. The van der Waals surface area contributed by atoms with Crippen LogP contribution in [0.25, 0.3) is 5.65 Å². The lowest BCUT2D eigenvalue weighted by molar-refractivity contribution is 0.185. The number of nitrogens with zero attached hydrogens (tertiary/aromatic N) is 3. The first-order valence-corrected chi connectivity index (χ1v) is 6.93. The topological polar surface area (TPSA) is 51.5 Å². The van der Waals surface area contributed by atoms with Gasteiger partial charge in [-0.15, -0.1) is 10.2 Å². The molecule has 3 rings (SSSR count). The van der Waals surface area contributed by atoms with Gasteiger partial charge >= 0.3 is 0 Å². The molecule has 0 saturated carbocycles. The van der Waals surface area contributed by atoms with Crippen molar-refractivity contribution < 1.29 is 4.74 Å². The largest absolute Gasteiger partial charge is 0.380 e. The monoisotopic (exact) mass is 282 g/mol. The maximum absolute atomic E-state index is 5.11. The number of nitrogens with one attached hydrogen (secondary N) is 1. The molecule has 2 aromatic heterocycles. The lowest BCUT2D eigenvalue weighted by atomic mass is 10.1. The van der Waals surface area contributed by atoms with Crippen LogP contribution < -0.4 is 5.32 Å². The van der Waals surface area contributed by atoms with Crippen molar-refractivity contribution in [2.75, 3.05) is 7.11 Å². The summed E-state index contributed by atoms with van der Waals surface area (Å²) in [7, 11) is 1.71. The summed E-state index contributed by atoms with van der Waals surface area (Å²) in [4.78, 5) is 0. The van der Waals surface area contributed by atoms with Crippen LogP contribution in [0.15, 0.2) is 48.7 Å². The van der Waals surface area contributed by atoms with Crippen LogP contribution in [-0.4, -0.2) is 21.7 Å². The van der Waals surface area contributed by atoms with Gasteiger partial charge in [0, 0.05) is 19.9 Å². The molecule has 0 aliphatic carbocycles. The van der Waals surface area contributed by atoms with Gasteiger partial charge in [-0.05, 0) is 23.3 Å². The van der Waals surface area contributed by atoms with Crippen LogP contribution in [0.5, 0.6) is 0 Å². The van der Waals surface area contributed by atoms with Crippen LogP contribution in [0.3, 0.4) is 0 Å².